The number of hydrogen-bond donors (Lipinski definition) is 1. The normalized spacial score (nSPS) is 18.0. The molecule has 194 valence electrons. The molecule has 0 saturated carbocycles. The summed E-state index contributed by atoms with van der Waals surface area (Å²) in [6, 6.07) is 22.5. The zero-order valence-electron chi connectivity index (χ0n) is 22.0. The van der Waals surface area contributed by atoms with E-state index in [2.05, 4.69) is 30.3 Å². The first-order valence-electron chi connectivity index (χ1n) is 13.0. The van der Waals surface area contributed by atoms with Gasteiger partial charge in [-0.2, -0.15) is 0 Å². The van der Waals surface area contributed by atoms with Gasteiger partial charge in [0.15, 0.2) is 0 Å². The third kappa shape index (κ3) is 6.77. The van der Waals surface area contributed by atoms with E-state index in [0.29, 0.717) is 22.6 Å². The van der Waals surface area contributed by atoms with Crippen molar-refractivity contribution in [2.75, 3.05) is 25.5 Å². The van der Waals surface area contributed by atoms with Gasteiger partial charge >= 0.3 is 12.1 Å². The van der Waals surface area contributed by atoms with Crippen LogP contribution in [0.1, 0.15) is 59.7 Å². The highest BCUT2D eigenvalue weighted by Gasteiger charge is 2.33. The number of benzene rings is 3. The van der Waals surface area contributed by atoms with Crippen LogP contribution in [0, 0.1) is 6.92 Å². The molecule has 1 N–H and O–H groups in total. The number of esters is 1. The second-order valence-corrected chi connectivity index (χ2v) is 9.96. The third-order valence-corrected chi connectivity index (χ3v) is 7.26. The molecule has 1 heterocycles. The number of carbonyl (C=O) groups excluding carboxylic acids is 2. The zero-order valence-corrected chi connectivity index (χ0v) is 22.0. The third-order valence-electron chi connectivity index (χ3n) is 7.26. The Kier molecular flexibility index (Phi) is 8.62. The number of likely N-dealkylation sites (tertiary alicyclic amines) is 1. The molecule has 1 aliphatic heterocycles. The lowest BCUT2D eigenvalue weighted by Crippen LogP contribution is -2.37. The van der Waals surface area contributed by atoms with Crippen LogP contribution in [0.3, 0.4) is 0 Å². The molecule has 3 aromatic rings. The summed E-state index contributed by atoms with van der Waals surface area (Å²) < 4.78 is 11.1. The first-order valence-corrected chi connectivity index (χ1v) is 13.0. The summed E-state index contributed by atoms with van der Waals surface area (Å²) in [7, 11) is 2.18. The van der Waals surface area contributed by atoms with Crippen molar-refractivity contribution in [2.24, 2.45) is 0 Å². The molecular weight excluding hydrogens is 464 g/mol. The number of carbonyl (C=O) groups is 2. The molecular formula is C31H36N2O4. The van der Waals surface area contributed by atoms with Crippen molar-refractivity contribution in [2.45, 2.75) is 51.6 Å². The Hall–Kier alpha value is -3.64. The molecule has 1 unspecified atom stereocenters. The Morgan fingerprint density at radius 1 is 1.00 bits per heavy atom. The summed E-state index contributed by atoms with van der Waals surface area (Å²) in [6.07, 6.45) is 3.99. The van der Waals surface area contributed by atoms with E-state index in [1.165, 1.54) is 18.4 Å². The standard InChI is InChI=1S/C31H36N2O4/c1-4-31(17-8-9-18-33(3)22-31)25-13-10-14-27(20-25)37-30(35)32-26-15-16-28(23(2)19-26)29(34)36-21-24-11-6-5-7-12-24/h5-7,10-16,19-20H,4,8-9,17-18,21-22H2,1-3H3,(H,32,35). The van der Waals surface area contributed by atoms with Crippen LogP contribution in [0.2, 0.25) is 0 Å². The van der Waals surface area contributed by atoms with Crippen LogP contribution >= 0.6 is 0 Å². The van der Waals surface area contributed by atoms with Gasteiger partial charge in [0.25, 0.3) is 0 Å². The molecule has 0 spiro atoms. The molecule has 6 nitrogen and oxygen atoms in total. The largest absolute Gasteiger partial charge is 0.457 e. The fourth-order valence-corrected chi connectivity index (χ4v) is 5.16. The van der Waals surface area contributed by atoms with Gasteiger partial charge in [0, 0.05) is 17.6 Å². The van der Waals surface area contributed by atoms with Gasteiger partial charge in [0.1, 0.15) is 12.4 Å². The summed E-state index contributed by atoms with van der Waals surface area (Å²) in [5.41, 5.74) is 3.91. The minimum atomic E-state index is -0.570. The van der Waals surface area contributed by atoms with E-state index in [9.17, 15) is 9.59 Å². The average molecular weight is 501 g/mol. The van der Waals surface area contributed by atoms with Crippen molar-refractivity contribution in [1.29, 1.82) is 0 Å². The predicted octanol–water partition coefficient (Wildman–Crippen LogP) is 6.73. The van der Waals surface area contributed by atoms with Gasteiger partial charge in [-0.1, -0.05) is 55.8 Å². The molecule has 0 aromatic heterocycles. The van der Waals surface area contributed by atoms with Gasteiger partial charge in [-0.3, -0.25) is 5.32 Å². The summed E-state index contributed by atoms with van der Waals surface area (Å²) in [5, 5.41) is 2.77. The highest BCUT2D eigenvalue weighted by molar-refractivity contribution is 5.93. The molecule has 1 atom stereocenters. The van der Waals surface area contributed by atoms with Crippen molar-refractivity contribution in [3.63, 3.8) is 0 Å². The Labute approximate surface area is 219 Å². The summed E-state index contributed by atoms with van der Waals surface area (Å²) in [6.45, 7) is 6.37. The van der Waals surface area contributed by atoms with Gasteiger partial charge in [0.2, 0.25) is 0 Å². The van der Waals surface area contributed by atoms with Gasteiger partial charge in [-0.05, 0) is 86.8 Å². The second-order valence-electron chi connectivity index (χ2n) is 9.96. The molecule has 3 aromatic carbocycles. The molecule has 1 aliphatic rings. The highest BCUT2D eigenvalue weighted by Crippen LogP contribution is 2.37. The lowest BCUT2D eigenvalue weighted by Gasteiger charge is -2.35. The van der Waals surface area contributed by atoms with Crippen LogP contribution in [0.25, 0.3) is 0 Å². The van der Waals surface area contributed by atoms with E-state index < -0.39 is 12.1 Å². The minimum Gasteiger partial charge on any atom is -0.457 e. The van der Waals surface area contributed by atoms with Crippen LogP contribution in [-0.2, 0) is 16.8 Å². The summed E-state index contributed by atoms with van der Waals surface area (Å²) >= 11 is 0. The van der Waals surface area contributed by atoms with Crippen molar-refractivity contribution >= 4 is 17.7 Å². The molecule has 1 fully saturated rings. The fraction of sp³-hybridized carbons (Fsp3) is 0.355. The topological polar surface area (TPSA) is 67.9 Å². The zero-order chi connectivity index (χ0) is 26.3. The Balaban J connectivity index is 1.38. The van der Waals surface area contributed by atoms with Gasteiger partial charge in [0.05, 0.1) is 5.56 Å². The Morgan fingerprint density at radius 3 is 2.57 bits per heavy atom. The lowest BCUT2D eigenvalue weighted by molar-refractivity contribution is 0.0472. The van der Waals surface area contributed by atoms with E-state index in [1.807, 2.05) is 55.5 Å². The number of amides is 1. The number of aryl methyl sites for hydroxylation is 1. The van der Waals surface area contributed by atoms with Crippen LogP contribution in [0.5, 0.6) is 5.75 Å². The van der Waals surface area contributed by atoms with Crippen LogP contribution in [0.15, 0.2) is 72.8 Å². The monoisotopic (exact) mass is 500 g/mol. The van der Waals surface area contributed by atoms with Crippen LogP contribution < -0.4 is 10.1 Å². The maximum atomic E-state index is 12.7. The van der Waals surface area contributed by atoms with E-state index in [-0.39, 0.29) is 12.0 Å². The first kappa shape index (κ1) is 26.4. The quantitative estimate of drug-likeness (QED) is 0.365. The number of ether oxygens (including phenoxy) is 2. The Bertz CT molecular complexity index is 1230. The smallest absolute Gasteiger partial charge is 0.417 e. The molecule has 37 heavy (non-hydrogen) atoms. The van der Waals surface area contributed by atoms with Crippen molar-refractivity contribution < 1.29 is 19.1 Å². The van der Waals surface area contributed by atoms with Crippen LogP contribution in [-0.4, -0.2) is 37.1 Å². The first-order chi connectivity index (χ1) is 17.9. The van der Waals surface area contributed by atoms with Crippen LogP contribution in [0.4, 0.5) is 10.5 Å². The molecule has 0 aliphatic carbocycles. The molecule has 6 heteroatoms. The van der Waals surface area contributed by atoms with E-state index in [1.54, 1.807) is 18.2 Å². The van der Waals surface area contributed by atoms with E-state index in [0.717, 1.165) is 31.5 Å². The molecule has 1 saturated heterocycles. The van der Waals surface area contributed by atoms with Crippen molar-refractivity contribution in [3.8, 4) is 5.75 Å². The number of anilines is 1. The fourth-order valence-electron chi connectivity index (χ4n) is 5.16. The molecule has 0 bridgehead atoms. The number of rotatable bonds is 7. The number of nitrogens with zero attached hydrogens (tertiary/aromatic N) is 1. The maximum Gasteiger partial charge on any atom is 0.417 e. The summed E-state index contributed by atoms with van der Waals surface area (Å²) in [5.74, 6) is 0.119. The number of hydrogen-bond acceptors (Lipinski definition) is 5. The van der Waals surface area contributed by atoms with Crippen molar-refractivity contribution in [1.82, 2.24) is 4.90 Å². The van der Waals surface area contributed by atoms with Gasteiger partial charge < -0.3 is 14.4 Å². The molecule has 4 rings (SSSR count). The number of nitrogens with one attached hydrogen (secondary N) is 1. The highest BCUT2D eigenvalue weighted by atomic mass is 16.6. The maximum absolute atomic E-state index is 12.7. The van der Waals surface area contributed by atoms with Gasteiger partial charge in [-0.15, -0.1) is 0 Å². The average Bonchev–Trinajstić information content (AvgIpc) is 3.10. The second kappa shape index (κ2) is 12.1. The van der Waals surface area contributed by atoms with Crippen molar-refractivity contribution in [3.05, 3.63) is 95.1 Å². The molecule has 1 amide bonds. The predicted molar refractivity (Wildman–Crippen MR) is 146 cm³/mol. The lowest BCUT2D eigenvalue weighted by atomic mass is 9.74. The van der Waals surface area contributed by atoms with E-state index >= 15 is 0 Å². The SMILES string of the molecule is CCC1(c2cccc(OC(=O)Nc3ccc(C(=O)OCc4ccccc4)c(C)c3)c2)CCCCN(C)C1. The van der Waals surface area contributed by atoms with E-state index in [4.69, 9.17) is 9.47 Å². The summed E-state index contributed by atoms with van der Waals surface area (Å²) in [4.78, 5) is 27.6. The number of likely N-dealkylation sites (N-methyl/N-ethyl adjacent to an activating group) is 1. The Morgan fingerprint density at radius 2 is 1.81 bits per heavy atom. The molecule has 0 radical (unpaired) electrons. The van der Waals surface area contributed by atoms with Gasteiger partial charge in [-0.25, -0.2) is 9.59 Å². The minimum absolute atomic E-state index is 0.0587.